The molecule has 1 N–H and O–H groups in total. The lowest BCUT2D eigenvalue weighted by atomic mass is 10.1. The maximum absolute atomic E-state index is 13.1. The zero-order chi connectivity index (χ0) is 20.8. The van der Waals surface area contributed by atoms with Crippen molar-refractivity contribution in [1.29, 1.82) is 0 Å². The zero-order valence-corrected chi connectivity index (χ0v) is 16.5. The van der Waals surface area contributed by atoms with Gasteiger partial charge in [0.05, 0.1) is 19.3 Å². The third-order valence-corrected chi connectivity index (χ3v) is 4.56. The van der Waals surface area contributed by atoms with Crippen LogP contribution in [0.1, 0.15) is 35.9 Å². The molecule has 1 saturated heterocycles. The van der Waals surface area contributed by atoms with Crippen molar-refractivity contribution in [1.82, 2.24) is 4.90 Å². The lowest BCUT2D eigenvalue weighted by molar-refractivity contribution is -0.139. The second-order valence-electron chi connectivity index (χ2n) is 6.83. The van der Waals surface area contributed by atoms with Crippen molar-refractivity contribution < 1.29 is 28.9 Å². The number of aliphatic carboxylic acids is 1. The standard InChI is InChI=1S/C22H25NO6/c1-3-27-19-11-17(9-10-18(19)28-14-21(24)25)22(26)23-12-15(2)29-20(13-23)16-7-5-4-6-8-16/h4-11,15,20H,3,12-14H2,1-2H3,(H,24,25)/t15-,20-/m1/s1. The maximum atomic E-state index is 13.1. The van der Waals surface area contributed by atoms with Gasteiger partial charge in [0.15, 0.2) is 18.1 Å². The molecule has 2 aromatic rings. The number of hydrogen-bond donors (Lipinski definition) is 1. The Kier molecular flexibility index (Phi) is 6.72. The highest BCUT2D eigenvalue weighted by Gasteiger charge is 2.30. The van der Waals surface area contributed by atoms with E-state index < -0.39 is 12.6 Å². The normalized spacial score (nSPS) is 18.9. The molecule has 1 aliphatic heterocycles. The predicted octanol–water partition coefficient (Wildman–Crippen LogP) is 3.15. The van der Waals surface area contributed by atoms with Gasteiger partial charge in [-0.25, -0.2) is 4.79 Å². The van der Waals surface area contributed by atoms with Crippen molar-refractivity contribution in [3.8, 4) is 11.5 Å². The Morgan fingerprint density at radius 3 is 2.55 bits per heavy atom. The third kappa shape index (κ3) is 5.26. The summed E-state index contributed by atoms with van der Waals surface area (Å²) < 4.78 is 16.8. The molecule has 3 rings (SSSR count). The SMILES string of the molecule is CCOc1cc(C(=O)N2C[C@@H](C)O[C@@H](c3ccccc3)C2)ccc1OCC(=O)O. The number of hydrogen-bond acceptors (Lipinski definition) is 5. The maximum Gasteiger partial charge on any atom is 0.341 e. The van der Waals surface area contributed by atoms with E-state index in [2.05, 4.69) is 0 Å². The number of carboxylic acids is 1. The van der Waals surface area contributed by atoms with Crippen molar-refractivity contribution in [2.24, 2.45) is 0 Å². The molecule has 0 bridgehead atoms. The van der Waals surface area contributed by atoms with Crippen molar-refractivity contribution in [2.75, 3.05) is 26.3 Å². The van der Waals surface area contributed by atoms with Crippen LogP contribution < -0.4 is 9.47 Å². The van der Waals surface area contributed by atoms with Crippen LogP contribution in [0.5, 0.6) is 11.5 Å². The summed E-state index contributed by atoms with van der Waals surface area (Å²) in [5.41, 5.74) is 1.49. The summed E-state index contributed by atoms with van der Waals surface area (Å²) in [7, 11) is 0. The number of amides is 1. The first-order chi connectivity index (χ1) is 14.0. The Bertz CT molecular complexity index is 854. The molecule has 29 heavy (non-hydrogen) atoms. The number of carbonyl (C=O) groups excluding carboxylic acids is 1. The molecular weight excluding hydrogens is 374 g/mol. The van der Waals surface area contributed by atoms with Gasteiger partial charge in [-0.1, -0.05) is 30.3 Å². The van der Waals surface area contributed by atoms with Crippen molar-refractivity contribution >= 4 is 11.9 Å². The van der Waals surface area contributed by atoms with Crippen LogP contribution in [-0.4, -0.2) is 54.3 Å². The fourth-order valence-corrected chi connectivity index (χ4v) is 3.32. The van der Waals surface area contributed by atoms with Crippen molar-refractivity contribution in [2.45, 2.75) is 26.1 Å². The molecule has 1 aliphatic rings. The molecule has 1 heterocycles. The van der Waals surface area contributed by atoms with Gasteiger partial charge in [-0.3, -0.25) is 4.79 Å². The molecule has 7 nitrogen and oxygen atoms in total. The third-order valence-electron chi connectivity index (χ3n) is 4.56. The lowest BCUT2D eigenvalue weighted by Gasteiger charge is -2.37. The summed E-state index contributed by atoms with van der Waals surface area (Å²) >= 11 is 0. The summed E-state index contributed by atoms with van der Waals surface area (Å²) in [6, 6.07) is 14.6. The highest BCUT2D eigenvalue weighted by atomic mass is 16.5. The summed E-state index contributed by atoms with van der Waals surface area (Å²) in [4.78, 5) is 25.7. The van der Waals surface area contributed by atoms with E-state index in [1.54, 1.807) is 23.1 Å². The van der Waals surface area contributed by atoms with E-state index in [4.69, 9.17) is 19.3 Å². The van der Waals surface area contributed by atoms with E-state index in [1.165, 1.54) is 0 Å². The quantitative estimate of drug-likeness (QED) is 0.770. The molecule has 7 heteroatoms. The van der Waals surface area contributed by atoms with Crippen LogP contribution in [0.4, 0.5) is 0 Å². The Morgan fingerprint density at radius 1 is 1.10 bits per heavy atom. The molecule has 1 amide bonds. The molecule has 154 valence electrons. The smallest absolute Gasteiger partial charge is 0.341 e. The Labute approximate surface area is 169 Å². The van der Waals surface area contributed by atoms with Crippen molar-refractivity contribution in [3.63, 3.8) is 0 Å². The van der Waals surface area contributed by atoms with Crippen molar-refractivity contribution in [3.05, 3.63) is 59.7 Å². The number of ether oxygens (including phenoxy) is 3. The fourth-order valence-electron chi connectivity index (χ4n) is 3.32. The molecule has 2 aromatic carbocycles. The van der Waals surface area contributed by atoms with Gasteiger partial charge < -0.3 is 24.2 Å². The first-order valence-corrected chi connectivity index (χ1v) is 9.59. The molecule has 0 aliphatic carbocycles. The zero-order valence-electron chi connectivity index (χ0n) is 16.5. The molecule has 0 unspecified atom stereocenters. The van der Waals surface area contributed by atoms with E-state index in [-0.39, 0.29) is 18.1 Å². The number of carbonyl (C=O) groups is 2. The van der Waals surface area contributed by atoms with E-state index in [1.807, 2.05) is 44.2 Å². The molecule has 0 spiro atoms. The van der Waals surface area contributed by atoms with E-state index in [0.29, 0.717) is 36.8 Å². The minimum absolute atomic E-state index is 0.0950. The average molecular weight is 399 g/mol. The van der Waals surface area contributed by atoms with Crippen LogP contribution >= 0.6 is 0 Å². The van der Waals surface area contributed by atoms with Gasteiger partial charge in [-0.2, -0.15) is 0 Å². The van der Waals surface area contributed by atoms with Crippen LogP contribution in [-0.2, 0) is 9.53 Å². The first kappa shape index (κ1) is 20.7. The van der Waals surface area contributed by atoms with E-state index >= 15 is 0 Å². The number of morpholine rings is 1. The van der Waals surface area contributed by atoms with Crippen LogP contribution in [0, 0.1) is 0 Å². The van der Waals surface area contributed by atoms with Crippen LogP contribution in [0.25, 0.3) is 0 Å². The van der Waals surface area contributed by atoms with E-state index in [0.717, 1.165) is 5.56 Å². The van der Waals surface area contributed by atoms with Gasteiger partial charge in [0.25, 0.3) is 5.91 Å². The number of benzene rings is 2. The number of rotatable bonds is 7. The highest BCUT2D eigenvalue weighted by molar-refractivity contribution is 5.95. The summed E-state index contributed by atoms with van der Waals surface area (Å²) in [6.07, 6.45) is -0.282. The van der Waals surface area contributed by atoms with Crippen LogP contribution in [0.15, 0.2) is 48.5 Å². The largest absolute Gasteiger partial charge is 0.490 e. The average Bonchev–Trinajstić information content (AvgIpc) is 2.72. The highest BCUT2D eigenvalue weighted by Crippen LogP contribution is 2.31. The number of carboxylic acid groups (broad SMARTS) is 1. The minimum Gasteiger partial charge on any atom is -0.490 e. The van der Waals surface area contributed by atoms with Crippen LogP contribution in [0.3, 0.4) is 0 Å². The van der Waals surface area contributed by atoms with Crippen LogP contribution in [0.2, 0.25) is 0 Å². The van der Waals surface area contributed by atoms with Gasteiger partial charge in [-0.05, 0) is 37.6 Å². The Morgan fingerprint density at radius 2 is 1.86 bits per heavy atom. The minimum atomic E-state index is -1.08. The lowest BCUT2D eigenvalue weighted by Crippen LogP contribution is -2.46. The van der Waals surface area contributed by atoms with Gasteiger partial charge in [0, 0.05) is 12.1 Å². The second kappa shape index (κ2) is 9.43. The second-order valence-corrected chi connectivity index (χ2v) is 6.83. The van der Waals surface area contributed by atoms with E-state index in [9.17, 15) is 9.59 Å². The molecule has 2 atom stereocenters. The van der Waals surface area contributed by atoms with Gasteiger partial charge >= 0.3 is 5.97 Å². The van der Waals surface area contributed by atoms with Gasteiger partial charge in [0.1, 0.15) is 6.10 Å². The fraction of sp³-hybridized carbons (Fsp3) is 0.364. The Hall–Kier alpha value is -3.06. The summed E-state index contributed by atoms with van der Waals surface area (Å²) in [5.74, 6) is -0.572. The molecule has 0 saturated carbocycles. The number of nitrogens with zero attached hydrogens (tertiary/aromatic N) is 1. The van der Waals surface area contributed by atoms with Gasteiger partial charge in [0.2, 0.25) is 0 Å². The predicted molar refractivity (Wildman–Crippen MR) is 106 cm³/mol. The summed E-state index contributed by atoms with van der Waals surface area (Å²) in [6.45, 7) is 4.59. The first-order valence-electron chi connectivity index (χ1n) is 9.59. The molecule has 0 radical (unpaired) electrons. The molecule has 0 aromatic heterocycles. The molecular formula is C22H25NO6. The monoisotopic (exact) mass is 399 g/mol. The Balaban J connectivity index is 1.79. The summed E-state index contributed by atoms with van der Waals surface area (Å²) in [5, 5.41) is 8.81. The van der Waals surface area contributed by atoms with Gasteiger partial charge in [-0.15, -0.1) is 0 Å². The molecule has 1 fully saturated rings. The topological polar surface area (TPSA) is 85.3 Å².